The molecular formula is C28H23Cl2FN6O4. The first-order chi connectivity index (χ1) is 19.6. The van der Waals surface area contributed by atoms with Crippen molar-refractivity contribution in [2.45, 2.75) is 32.4 Å². The van der Waals surface area contributed by atoms with E-state index in [4.69, 9.17) is 37.7 Å². The van der Waals surface area contributed by atoms with E-state index < -0.39 is 23.2 Å². The summed E-state index contributed by atoms with van der Waals surface area (Å²) in [5, 5.41) is 3.41. The highest BCUT2D eigenvalue weighted by molar-refractivity contribution is 6.32. The number of carbonyl (C=O) groups excluding carboxylic acids is 2. The van der Waals surface area contributed by atoms with Gasteiger partial charge in [0.05, 0.1) is 30.7 Å². The number of halogens is 3. The van der Waals surface area contributed by atoms with Gasteiger partial charge in [-0.2, -0.15) is 4.98 Å². The summed E-state index contributed by atoms with van der Waals surface area (Å²) in [5.41, 5.74) is -0.637. The highest BCUT2D eigenvalue weighted by atomic mass is 35.5. The van der Waals surface area contributed by atoms with Crippen LogP contribution in [-0.4, -0.2) is 45.1 Å². The molecule has 2 amide bonds. The summed E-state index contributed by atoms with van der Waals surface area (Å²) >= 11 is 12.5. The second-order valence-corrected chi connectivity index (χ2v) is 10.6. The quantitative estimate of drug-likeness (QED) is 0.307. The molecule has 2 aliphatic rings. The molecule has 6 rings (SSSR count). The minimum atomic E-state index is -1.84. The number of amides is 2. The molecule has 0 radical (unpaired) electrons. The first-order valence-electron chi connectivity index (χ1n) is 12.7. The average Bonchev–Trinajstić information content (AvgIpc) is 3.54. The Morgan fingerprint density at radius 3 is 2.54 bits per heavy atom. The number of aromatic nitrogens is 4. The molecule has 13 heteroatoms. The molecule has 1 atom stereocenters. The molecule has 2 aromatic heterocycles. The zero-order valence-corrected chi connectivity index (χ0v) is 23.8. The number of hydrogen-bond donors (Lipinski definition) is 1. The van der Waals surface area contributed by atoms with Crippen LogP contribution in [0.3, 0.4) is 0 Å². The summed E-state index contributed by atoms with van der Waals surface area (Å²) in [6.45, 7) is 5.91. The smallest absolute Gasteiger partial charge is 0.319 e. The van der Waals surface area contributed by atoms with Gasteiger partial charge in [0.1, 0.15) is 11.6 Å². The van der Waals surface area contributed by atoms with Crippen molar-refractivity contribution >= 4 is 46.4 Å². The molecule has 41 heavy (non-hydrogen) atoms. The van der Waals surface area contributed by atoms with Crippen molar-refractivity contribution in [1.29, 1.82) is 0 Å². The number of ether oxygens (including phenoxy) is 2. The number of hydrogen-bond acceptors (Lipinski definition) is 7. The number of carbonyl (C=O) groups is 2. The van der Waals surface area contributed by atoms with Crippen molar-refractivity contribution in [1.82, 2.24) is 19.5 Å². The summed E-state index contributed by atoms with van der Waals surface area (Å²) in [6.07, 6.45) is 1.49. The molecule has 2 aromatic carbocycles. The summed E-state index contributed by atoms with van der Waals surface area (Å²) in [7, 11) is 1.44. The van der Waals surface area contributed by atoms with Gasteiger partial charge in [-0.15, -0.1) is 0 Å². The van der Waals surface area contributed by atoms with Gasteiger partial charge in [0.25, 0.3) is 11.8 Å². The summed E-state index contributed by atoms with van der Waals surface area (Å²) in [4.78, 5) is 43.0. The van der Waals surface area contributed by atoms with E-state index in [-0.39, 0.29) is 40.0 Å². The Hall–Kier alpha value is -4.22. The van der Waals surface area contributed by atoms with Crippen LogP contribution in [0.25, 0.3) is 11.4 Å². The Kier molecular flexibility index (Phi) is 6.39. The van der Waals surface area contributed by atoms with Gasteiger partial charge >= 0.3 is 6.01 Å². The van der Waals surface area contributed by atoms with Crippen LogP contribution >= 0.6 is 23.2 Å². The summed E-state index contributed by atoms with van der Waals surface area (Å²) in [6, 6.07) is 8.44. The van der Waals surface area contributed by atoms with E-state index in [0.29, 0.717) is 34.3 Å². The second kappa shape index (κ2) is 9.71. The maximum Gasteiger partial charge on any atom is 0.319 e. The minimum Gasteiger partial charge on any atom is -0.480 e. The number of nitrogens with one attached hydrogen (secondary N) is 1. The SMILES string of the molecule is CCOc1ncc(-c2nc3c(n2C(C)C)[C@@]2(C(=O)Nc4cc(Cl)ccc42)N(c2cc(Cl)ccc2F)C3=O)c(OC)n1. The van der Waals surface area contributed by atoms with Crippen LogP contribution < -0.4 is 19.7 Å². The van der Waals surface area contributed by atoms with Gasteiger partial charge in [-0.3, -0.25) is 14.5 Å². The molecule has 10 nitrogen and oxygen atoms in total. The Morgan fingerprint density at radius 2 is 1.83 bits per heavy atom. The fourth-order valence-corrected chi connectivity index (χ4v) is 5.86. The number of fused-ring (bicyclic) bond motifs is 4. The lowest BCUT2D eigenvalue weighted by Crippen LogP contribution is -2.51. The van der Waals surface area contributed by atoms with Gasteiger partial charge < -0.3 is 19.4 Å². The molecule has 0 bridgehead atoms. The van der Waals surface area contributed by atoms with Crippen molar-refractivity contribution in [3.8, 4) is 23.3 Å². The molecule has 0 saturated heterocycles. The Balaban J connectivity index is 1.70. The summed E-state index contributed by atoms with van der Waals surface area (Å²) < 4.78 is 28.2. The van der Waals surface area contributed by atoms with Crippen LogP contribution in [-0.2, 0) is 10.3 Å². The normalized spacial score (nSPS) is 17.3. The summed E-state index contributed by atoms with van der Waals surface area (Å²) in [5.74, 6) is -1.55. The Morgan fingerprint density at radius 1 is 1.10 bits per heavy atom. The number of anilines is 2. The lowest BCUT2D eigenvalue weighted by molar-refractivity contribution is -0.119. The van der Waals surface area contributed by atoms with E-state index in [1.165, 1.54) is 25.4 Å². The van der Waals surface area contributed by atoms with Crippen LogP contribution in [0.5, 0.6) is 11.9 Å². The van der Waals surface area contributed by atoms with E-state index in [1.807, 2.05) is 13.8 Å². The molecule has 0 unspecified atom stereocenters. The molecular weight excluding hydrogens is 574 g/mol. The molecule has 4 heterocycles. The van der Waals surface area contributed by atoms with Gasteiger partial charge in [0, 0.05) is 33.5 Å². The standard InChI is InChI=1S/C28H23Cl2FN6O4/c1-5-41-27-32-12-16(24(35-27)40-4)23-34-21-22(36(23)13(2)3)28(17-8-6-14(29)10-19(17)33-26(28)39)37(25(21)38)20-11-15(30)7-9-18(20)31/h6-13H,5H2,1-4H3,(H,33,39)/t28-/m0/s1. The second-order valence-electron chi connectivity index (χ2n) is 9.70. The number of methoxy groups -OCH3 is 1. The Bertz CT molecular complexity index is 1760. The van der Waals surface area contributed by atoms with E-state index in [9.17, 15) is 9.59 Å². The number of imidazole rings is 1. The van der Waals surface area contributed by atoms with Crippen LogP contribution in [0.2, 0.25) is 10.0 Å². The molecule has 1 N–H and O–H groups in total. The monoisotopic (exact) mass is 596 g/mol. The van der Waals surface area contributed by atoms with Gasteiger partial charge in [-0.25, -0.2) is 14.4 Å². The molecule has 4 aromatic rings. The zero-order valence-electron chi connectivity index (χ0n) is 22.3. The minimum absolute atomic E-state index is 0.0398. The average molecular weight is 597 g/mol. The third-order valence-corrected chi connectivity index (χ3v) is 7.52. The lowest BCUT2D eigenvalue weighted by Gasteiger charge is -2.35. The number of nitrogens with zero attached hydrogens (tertiary/aromatic N) is 5. The molecule has 2 aliphatic heterocycles. The zero-order chi connectivity index (χ0) is 29.2. The van der Waals surface area contributed by atoms with Crippen LogP contribution in [0, 0.1) is 5.82 Å². The predicted molar refractivity (Wildman–Crippen MR) is 150 cm³/mol. The van der Waals surface area contributed by atoms with Gasteiger partial charge in [-0.1, -0.05) is 29.3 Å². The maximum absolute atomic E-state index is 15.5. The molecule has 210 valence electrons. The topological polar surface area (TPSA) is 111 Å². The van der Waals surface area contributed by atoms with Crippen LogP contribution in [0.1, 0.15) is 48.6 Å². The first kappa shape index (κ1) is 27.0. The largest absolute Gasteiger partial charge is 0.480 e. The predicted octanol–water partition coefficient (Wildman–Crippen LogP) is 5.63. The fraction of sp³-hybridized carbons (Fsp3) is 0.250. The highest BCUT2D eigenvalue weighted by Gasteiger charge is 2.64. The van der Waals surface area contributed by atoms with Gasteiger partial charge in [0.2, 0.25) is 5.88 Å². The van der Waals surface area contributed by atoms with Crippen molar-refractivity contribution < 1.29 is 23.5 Å². The first-order valence-corrected chi connectivity index (χ1v) is 13.5. The molecule has 1 spiro atoms. The highest BCUT2D eigenvalue weighted by Crippen LogP contribution is 2.55. The molecule has 0 aliphatic carbocycles. The fourth-order valence-electron chi connectivity index (χ4n) is 5.52. The van der Waals surface area contributed by atoms with Crippen molar-refractivity contribution in [2.24, 2.45) is 0 Å². The third kappa shape index (κ3) is 3.79. The van der Waals surface area contributed by atoms with Crippen molar-refractivity contribution in [3.63, 3.8) is 0 Å². The van der Waals surface area contributed by atoms with Crippen LogP contribution in [0.15, 0.2) is 42.6 Å². The maximum atomic E-state index is 15.5. The van der Waals surface area contributed by atoms with Crippen molar-refractivity contribution in [2.75, 3.05) is 23.9 Å². The number of rotatable bonds is 6. The van der Waals surface area contributed by atoms with Crippen LogP contribution in [0.4, 0.5) is 15.8 Å². The van der Waals surface area contributed by atoms with Crippen molar-refractivity contribution in [3.05, 3.63) is 75.4 Å². The van der Waals surface area contributed by atoms with Gasteiger partial charge in [0.15, 0.2) is 11.2 Å². The van der Waals surface area contributed by atoms with Gasteiger partial charge in [-0.05, 0) is 51.1 Å². The van der Waals surface area contributed by atoms with E-state index in [0.717, 1.165) is 11.0 Å². The Labute approximate surface area is 244 Å². The molecule has 0 fully saturated rings. The molecule has 0 saturated carbocycles. The van der Waals surface area contributed by atoms with E-state index >= 15 is 4.39 Å². The number of benzene rings is 2. The lowest BCUT2D eigenvalue weighted by atomic mass is 9.87. The van der Waals surface area contributed by atoms with E-state index in [1.54, 1.807) is 29.7 Å². The van der Waals surface area contributed by atoms with E-state index in [2.05, 4.69) is 15.3 Å². The third-order valence-electron chi connectivity index (χ3n) is 7.05.